The fourth-order valence-corrected chi connectivity index (χ4v) is 4.43. The van der Waals surface area contributed by atoms with Gasteiger partial charge in [-0.25, -0.2) is 0 Å². The van der Waals surface area contributed by atoms with Crippen molar-refractivity contribution in [3.05, 3.63) is 89.4 Å². The second-order valence-corrected chi connectivity index (χ2v) is 10.1. The number of carbonyl (C=O) groups excluding carboxylic acids is 2. The molecule has 1 heterocycles. The summed E-state index contributed by atoms with van der Waals surface area (Å²) in [5, 5.41) is 12.5. The maximum Gasteiger partial charge on any atom is 0.276 e. The third kappa shape index (κ3) is 5.45. The number of sulfonamides is 1. The lowest BCUT2D eigenvalue weighted by Crippen LogP contribution is -2.40. The summed E-state index contributed by atoms with van der Waals surface area (Å²) in [4.78, 5) is 28.7. The van der Waals surface area contributed by atoms with Crippen molar-refractivity contribution in [3.8, 4) is 0 Å². The molecule has 1 unspecified atom stereocenters. The van der Waals surface area contributed by atoms with Gasteiger partial charge in [-0.2, -0.15) is 28.5 Å². The van der Waals surface area contributed by atoms with E-state index in [9.17, 15) is 18.0 Å². The summed E-state index contributed by atoms with van der Waals surface area (Å²) in [6.45, 7) is 3.40. The third-order valence-corrected chi connectivity index (χ3v) is 6.83. The first-order chi connectivity index (χ1) is 17.2. The maximum atomic E-state index is 13.3. The van der Waals surface area contributed by atoms with E-state index in [4.69, 9.17) is 11.6 Å². The molecule has 2 N–H and O–H groups in total. The highest BCUT2D eigenvalue weighted by atomic mass is 35.5. The second-order valence-electron chi connectivity index (χ2n) is 8.03. The Morgan fingerprint density at radius 2 is 1.61 bits per heavy atom. The lowest BCUT2D eigenvalue weighted by atomic mass is 9.97. The van der Waals surface area contributed by atoms with Crippen LogP contribution < -0.4 is 15.2 Å². The number of halogens is 1. The van der Waals surface area contributed by atoms with Crippen LogP contribution in [0.2, 0.25) is 5.02 Å². The summed E-state index contributed by atoms with van der Waals surface area (Å²) in [6, 6.07) is 21.1. The summed E-state index contributed by atoms with van der Waals surface area (Å²) in [5.74, 6) is -2.52. The molecule has 0 radical (unpaired) electrons. The molecular formula is C25H22ClN5O4S. The van der Waals surface area contributed by atoms with E-state index in [0.717, 1.165) is 5.56 Å². The van der Waals surface area contributed by atoms with Crippen molar-refractivity contribution < 1.29 is 18.0 Å². The molecule has 3 aromatic carbocycles. The number of hydrogen-bond acceptors (Lipinski definition) is 6. The van der Waals surface area contributed by atoms with E-state index in [2.05, 4.69) is 20.4 Å². The Labute approximate surface area is 213 Å². The number of nitrogens with zero attached hydrogens (tertiary/aromatic N) is 3. The van der Waals surface area contributed by atoms with Crippen molar-refractivity contribution in [1.29, 1.82) is 0 Å². The fourth-order valence-electron chi connectivity index (χ4n) is 3.49. The molecule has 36 heavy (non-hydrogen) atoms. The van der Waals surface area contributed by atoms with Gasteiger partial charge in [-0.1, -0.05) is 47.5 Å². The van der Waals surface area contributed by atoms with Gasteiger partial charge in [-0.05, 0) is 62.4 Å². The van der Waals surface area contributed by atoms with Crippen LogP contribution in [0.1, 0.15) is 12.5 Å². The second kappa shape index (κ2) is 10.3. The van der Waals surface area contributed by atoms with Crippen molar-refractivity contribution in [3.63, 3.8) is 0 Å². The Balaban J connectivity index is 1.69. The Hall–Kier alpha value is -4.02. The molecule has 1 aliphatic heterocycles. The van der Waals surface area contributed by atoms with Gasteiger partial charge in [-0.15, -0.1) is 0 Å². The standard InChI is InChI=1S/C25H22ClN5O4S/c1-16-8-14-21(15-9-16)36(34,35)30-28-23(24(32)27-19-12-10-18(26)11-13-19)22-17(2)29-31(25(22)33)20-6-4-3-5-7-20/h3-15,22,30H,1-2H3,(H,27,32)/b28-23+. The lowest BCUT2D eigenvalue weighted by molar-refractivity contribution is -0.119. The van der Waals surface area contributed by atoms with E-state index in [1.54, 1.807) is 73.7 Å². The van der Waals surface area contributed by atoms with Crippen molar-refractivity contribution in [2.24, 2.45) is 16.1 Å². The van der Waals surface area contributed by atoms with Gasteiger partial charge in [0.1, 0.15) is 11.6 Å². The van der Waals surface area contributed by atoms with Gasteiger partial charge < -0.3 is 5.32 Å². The van der Waals surface area contributed by atoms with Gasteiger partial charge in [0.05, 0.1) is 16.3 Å². The smallest absolute Gasteiger partial charge is 0.276 e. The topological polar surface area (TPSA) is 120 Å². The minimum Gasteiger partial charge on any atom is -0.321 e. The molecule has 0 bridgehead atoms. The number of carbonyl (C=O) groups is 2. The largest absolute Gasteiger partial charge is 0.321 e. The molecule has 0 spiro atoms. The van der Waals surface area contributed by atoms with Gasteiger partial charge in [-0.3, -0.25) is 9.59 Å². The zero-order valence-electron chi connectivity index (χ0n) is 19.3. The van der Waals surface area contributed by atoms with Gasteiger partial charge in [0.2, 0.25) is 0 Å². The first kappa shape index (κ1) is 25.1. The number of nitrogens with one attached hydrogen (secondary N) is 2. The molecule has 184 valence electrons. The Bertz CT molecular complexity index is 1450. The Morgan fingerprint density at radius 3 is 2.25 bits per heavy atom. The summed E-state index contributed by atoms with van der Waals surface area (Å²) in [5.41, 5.74) is 1.69. The zero-order valence-corrected chi connectivity index (χ0v) is 20.9. The van der Waals surface area contributed by atoms with Crippen LogP contribution in [-0.2, 0) is 19.6 Å². The number of benzene rings is 3. The van der Waals surface area contributed by atoms with Crippen LogP contribution in [0, 0.1) is 12.8 Å². The predicted octanol–water partition coefficient (Wildman–Crippen LogP) is 3.96. The van der Waals surface area contributed by atoms with E-state index in [0.29, 0.717) is 16.4 Å². The maximum absolute atomic E-state index is 13.3. The molecule has 11 heteroatoms. The monoisotopic (exact) mass is 523 g/mol. The van der Waals surface area contributed by atoms with E-state index in [1.165, 1.54) is 17.1 Å². The molecule has 0 aliphatic carbocycles. The first-order valence-electron chi connectivity index (χ1n) is 10.8. The number of aryl methyl sites for hydroxylation is 1. The molecule has 0 aromatic heterocycles. The summed E-state index contributed by atoms with van der Waals surface area (Å²) in [6.07, 6.45) is 0. The van der Waals surface area contributed by atoms with Crippen molar-refractivity contribution in [2.45, 2.75) is 18.7 Å². The minimum atomic E-state index is -4.11. The van der Waals surface area contributed by atoms with Crippen molar-refractivity contribution in [1.82, 2.24) is 4.83 Å². The molecule has 4 rings (SSSR count). The molecule has 1 aliphatic rings. The Kier molecular flexibility index (Phi) is 7.18. The molecule has 0 saturated carbocycles. The predicted molar refractivity (Wildman–Crippen MR) is 140 cm³/mol. The number of hydrogen-bond donors (Lipinski definition) is 2. The minimum absolute atomic E-state index is 0.0386. The van der Waals surface area contributed by atoms with Gasteiger partial charge in [0.15, 0.2) is 0 Å². The van der Waals surface area contributed by atoms with Crippen molar-refractivity contribution in [2.75, 3.05) is 10.3 Å². The molecule has 2 amide bonds. The molecule has 0 saturated heterocycles. The number of anilines is 2. The summed E-state index contributed by atoms with van der Waals surface area (Å²) in [7, 11) is -4.11. The fraction of sp³-hybridized carbons (Fsp3) is 0.120. The highest BCUT2D eigenvalue weighted by molar-refractivity contribution is 7.89. The van der Waals surface area contributed by atoms with Crippen LogP contribution in [0.15, 0.2) is 94.0 Å². The summed E-state index contributed by atoms with van der Waals surface area (Å²) >= 11 is 5.92. The molecule has 0 fully saturated rings. The van der Waals surface area contributed by atoms with Crippen LogP contribution in [-0.4, -0.2) is 31.7 Å². The zero-order chi connectivity index (χ0) is 25.9. The molecule has 9 nitrogen and oxygen atoms in total. The van der Waals surface area contributed by atoms with Crippen LogP contribution in [0.3, 0.4) is 0 Å². The molecule has 1 atom stereocenters. The van der Waals surface area contributed by atoms with Crippen molar-refractivity contribution >= 4 is 56.2 Å². The normalized spacial score (nSPS) is 16.0. The number of para-hydroxylation sites is 1. The van der Waals surface area contributed by atoms with Crippen LogP contribution in [0.5, 0.6) is 0 Å². The first-order valence-corrected chi connectivity index (χ1v) is 12.7. The van der Waals surface area contributed by atoms with Crippen LogP contribution in [0.4, 0.5) is 11.4 Å². The lowest BCUT2D eigenvalue weighted by Gasteiger charge is -2.16. The number of hydrazone groups is 2. The van der Waals surface area contributed by atoms with E-state index < -0.39 is 27.8 Å². The highest BCUT2D eigenvalue weighted by Gasteiger charge is 2.41. The average Bonchev–Trinajstić information content (AvgIpc) is 3.15. The molecule has 3 aromatic rings. The Morgan fingerprint density at radius 1 is 0.972 bits per heavy atom. The third-order valence-electron chi connectivity index (χ3n) is 5.36. The van der Waals surface area contributed by atoms with Gasteiger partial charge in [0, 0.05) is 10.7 Å². The van der Waals surface area contributed by atoms with Gasteiger partial charge >= 0.3 is 0 Å². The molecular weight excluding hydrogens is 502 g/mol. The van der Waals surface area contributed by atoms with E-state index in [-0.39, 0.29) is 16.3 Å². The summed E-state index contributed by atoms with van der Waals surface area (Å²) < 4.78 is 25.7. The highest BCUT2D eigenvalue weighted by Crippen LogP contribution is 2.25. The number of amides is 2. The SMILES string of the molecule is CC1=NN(c2ccccc2)C(=O)C1/C(=N\NS(=O)(=O)c1ccc(C)cc1)C(=O)Nc1ccc(Cl)cc1. The van der Waals surface area contributed by atoms with Gasteiger partial charge in [0.25, 0.3) is 21.8 Å². The van der Waals surface area contributed by atoms with Crippen LogP contribution in [0.25, 0.3) is 0 Å². The van der Waals surface area contributed by atoms with Crippen LogP contribution >= 0.6 is 11.6 Å². The number of rotatable bonds is 7. The average molecular weight is 524 g/mol. The van der Waals surface area contributed by atoms with E-state index in [1.807, 2.05) is 6.92 Å². The quantitative estimate of drug-likeness (QED) is 0.359. The van der Waals surface area contributed by atoms with E-state index >= 15 is 0 Å².